The number of amides is 1. The number of nitrogens with zero attached hydrogens (tertiary/aromatic N) is 1. The number of halogens is 4. The monoisotopic (exact) mass is 439 g/mol. The first kappa shape index (κ1) is 20.1. The van der Waals surface area contributed by atoms with Crippen molar-refractivity contribution in [1.29, 1.82) is 0 Å². The highest BCUT2D eigenvalue weighted by Gasteiger charge is 2.36. The molecule has 0 spiro atoms. The zero-order valence-corrected chi connectivity index (χ0v) is 16.6. The average molecular weight is 439 g/mol. The molecular weight excluding hydrogens is 422 g/mol. The molecular formula is C24H17F4N3O. The van der Waals surface area contributed by atoms with Crippen LogP contribution < -0.4 is 15.5 Å². The molecule has 2 aliphatic rings. The SMILES string of the molecule is O=C1Nc2ccc(F)cc2C1=CNc1ccc(N2Cc3ccccc3C2)c(C(F)(F)F)c1. The van der Waals surface area contributed by atoms with Gasteiger partial charge in [0.2, 0.25) is 0 Å². The van der Waals surface area contributed by atoms with Gasteiger partial charge in [-0.25, -0.2) is 4.39 Å². The fourth-order valence-corrected chi connectivity index (χ4v) is 4.09. The molecule has 3 aromatic carbocycles. The van der Waals surface area contributed by atoms with Crippen LogP contribution in [0.5, 0.6) is 0 Å². The minimum atomic E-state index is -4.56. The molecule has 0 aromatic heterocycles. The third kappa shape index (κ3) is 3.57. The number of fused-ring (bicyclic) bond motifs is 2. The summed E-state index contributed by atoms with van der Waals surface area (Å²) in [6.45, 7) is 0.803. The lowest BCUT2D eigenvalue weighted by molar-refractivity contribution is -0.137. The van der Waals surface area contributed by atoms with E-state index < -0.39 is 23.5 Å². The first-order chi connectivity index (χ1) is 15.3. The van der Waals surface area contributed by atoms with Gasteiger partial charge >= 0.3 is 6.18 Å². The number of hydrogen-bond acceptors (Lipinski definition) is 3. The number of nitrogens with one attached hydrogen (secondary N) is 2. The highest BCUT2D eigenvalue weighted by atomic mass is 19.4. The van der Waals surface area contributed by atoms with E-state index in [9.17, 15) is 22.4 Å². The predicted octanol–water partition coefficient (Wildman–Crippen LogP) is 5.77. The molecule has 2 heterocycles. The van der Waals surface area contributed by atoms with Crippen LogP contribution in [-0.2, 0) is 24.1 Å². The number of alkyl halides is 3. The van der Waals surface area contributed by atoms with Crippen LogP contribution in [0.3, 0.4) is 0 Å². The first-order valence-corrected chi connectivity index (χ1v) is 9.90. The number of benzene rings is 3. The summed E-state index contributed by atoms with van der Waals surface area (Å²) in [5, 5.41) is 5.36. The minimum Gasteiger partial charge on any atom is -0.362 e. The Labute approximate surface area is 181 Å². The maximum Gasteiger partial charge on any atom is 0.418 e. The Bertz CT molecular complexity index is 1240. The fourth-order valence-electron chi connectivity index (χ4n) is 4.09. The van der Waals surface area contributed by atoms with E-state index in [-0.39, 0.29) is 16.9 Å². The summed E-state index contributed by atoms with van der Waals surface area (Å²) < 4.78 is 55.2. The Morgan fingerprint density at radius 3 is 2.38 bits per heavy atom. The maximum atomic E-state index is 13.9. The van der Waals surface area contributed by atoms with Crippen molar-refractivity contribution in [2.45, 2.75) is 19.3 Å². The van der Waals surface area contributed by atoms with E-state index in [0.29, 0.717) is 24.3 Å². The molecule has 0 unspecified atom stereocenters. The Hall–Kier alpha value is -3.81. The van der Waals surface area contributed by atoms with Crippen molar-refractivity contribution < 1.29 is 22.4 Å². The van der Waals surface area contributed by atoms with Gasteiger partial charge in [-0.2, -0.15) is 13.2 Å². The predicted molar refractivity (Wildman–Crippen MR) is 114 cm³/mol. The summed E-state index contributed by atoms with van der Waals surface area (Å²) in [6.07, 6.45) is -3.27. The lowest BCUT2D eigenvalue weighted by Gasteiger charge is -2.23. The molecule has 0 bridgehead atoms. The third-order valence-electron chi connectivity index (χ3n) is 5.63. The molecule has 0 atom stereocenters. The van der Waals surface area contributed by atoms with Crippen molar-refractivity contribution in [2.24, 2.45) is 0 Å². The van der Waals surface area contributed by atoms with E-state index in [1.54, 1.807) is 4.90 Å². The van der Waals surface area contributed by atoms with Gasteiger partial charge in [-0.05, 0) is 47.5 Å². The molecule has 0 fully saturated rings. The normalized spacial score (nSPS) is 16.2. The number of hydrogen-bond donors (Lipinski definition) is 2. The van der Waals surface area contributed by atoms with Crippen molar-refractivity contribution >= 4 is 28.5 Å². The Kier molecular flexibility index (Phi) is 4.65. The van der Waals surface area contributed by atoms with Crippen LogP contribution in [0.1, 0.15) is 22.3 Å². The van der Waals surface area contributed by atoms with Gasteiger partial charge in [0.1, 0.15) is 5.82 Å². The Morgan fingerprint density at radius 2 is 1.69 bits per heavy atom. The van der Waals surface area contributed by atoms with Crippen molar-refractivity contribution in [2.75, 3.05) is 15.5 Å². The molecule has 2 N–H and O–H groups in total. The molecule has 4 nitrogen and oxygen atoms in total. The Balaban J connectivity index is 1.45. The van der Waals surface area contributed by atoms with Crippen LogP contribution in [0.4, 0.5) is 34.6 Å². The van der Waals surface area contributed by atoms with E-state index in [1.165, 1.54) is 36.5 Å². The highest BCUT2D eigenvalue weighted by molar-refractivity contribution is 6.31. The quantitative estimate of drug-likeness (QED) is 0.402. The van der Waals surface area contributed by atoms with Crippen LogP contribution >= 0.6 is 0 Å². The van der Waals surface area contributed by atoms with Gasteiger partial charge < -0.3 is 15.5 Å². The lowest BCUT2D eigenvalue weighted by atomic mass is 10.1. The van der Waals surface area contributed by atoms with Gasteiger partial charge in [0.05, 0.1) is 11.1 Å². The smallest absolute Gasteiger partial charge is 0.362 e. The van der Waals surface area contributed by atoms with Gasteiger partial charge in [0.15, 0.2) is 0 Å². The summed E-state index contributed by atoms with van der Waals surface area (Å²) in [4.78, 5) is 13.9. The lowest BCUT2D eigenvalue weighted by Crippen LogP contribution is -2.20. The molecule has 5 rings (SSSR count). The van der Waals surface area contributed by atoms with Crippen LogP contribution in [0.15, 0.2) is 66.9 Å². The van der Waals surface area contributed by atoms with Crippen LogP contribution in [0.2, 0.25) is 0 Å². The largest absolute Gasteiger partial charge is 0.418 e. The van der Waals surface area contributed by atoms with Gasteiger partial charge in [-0.15, -0.1) is 0 Å². The number of carbonyl (C=O) groups is 1. The zero-order chi connectivity index (χ0) is 22.5. The van der Waals surface area contributed by atoms with Crippen molar-refractivity contribution in [3.05, 3.63) is 94.9 Å². The molecule has 2 aliphatic heterocycles. The second-order valence-electron chi connectivity index (χ2n) is 7.70. The second kappa shape index (κ2) is 7.40. The van der Waals surface area contributed by atoms with Gasteiger partial charge in [-0.3, -0.25) is 4.79 Å². The van der Waals surface area contributed by atoms with Gasteiger partial charge in [0.25, 0.3) is 5.91 Å². The maximum absolute atomic E-state index is 13.9. The third-order valence-corrected chi connectivity index (χ3v) is 5.63. The fraction of sp³-hybridized carbons (Fsp3) is 0.125. The van der Waals surface area contributed by atoms with Crippen LogP contribution in [-0.4, -0.2) is 5.91 Å². The summed E-state index contributed by atoms with van der Waals surface area (Å²) in [7, 11) is 0. The average Bonchev–Trinajstić information content (AvgIpc) is 3.31. The molecule has 1 amide bonds. The molecule has 3 aromatic rings. The summed E-state index contributed by atoms with van der Waals surface area (Å²) in [5.41, 5.74) is 2.45. The summed E-state index contributed by atoms with van der Waals surface area (Å²) in [6, 6.07) is 15.4. The Morgan fingerprint density at radius 1 is 0.969 bits per heavy atom. The molecule has 0 radical (unpaired) electrons. The molecule has 0 saturated carbocycles. The summed E-state index contributed by atoms with van der Waals surface area (Å²) >= 11 is 0. The van der Waals surface area contributed by atoms with E-state index in [1.807, 2.05) is 24.3 Å². The second-order valence-corrected chi connectivity index (χ2v) is 7.70. The van der Waals surface area contributed by atoms with Crippen LogP contribution in [0, 0.1) is 5.82 Å². The van der Waals surface area contributed by atoms with Crippen LogP contribution in [0.25, 0.3) is 5.57 Å². The molecule has 0 aliphatic carbocycles. The van der Waals surface area contributed by atoms with Crippen molar-refractivity contribution in [3.63, 3.8) is 0 Å². The van der Waals surface area contributed by atoms with E-state index in [0.717, 1.165) is 17.2 Å². The summed E-state index contributed by atoms with van der Waals surface area (Å²) in [5.74, 6) is -0.970. The minimum absolute atomic E-state index is 0.0953. The van der Waals surface area contributed by atoms with E-state index >= 15 is 0 Å². The number of carbonyl (C=O) groups excluding carboxylic acids is 1. The molecule has 8 heteroatoms. The topological polar surface area (TPSA) is 44.4 Å². The molecule has 32 heavy (non-hydrogen) atoms. The standard InChI is InChI=1S/C24H17F4N3O/c25-16-5-7-21-18(9-16)19(23(32)30-21)11-29-17-6-8-22(20(10-17)24(26,27)28)31-12-14-3-1-2-4-15(14)13-31/h1-11,29H,12-13H2,(H,30,32). The van der Waals surface area contributed by atoms with Crippen molar-refractivity contribution in [3.8, 4) is 0 Å². The van der Waals surface area contributed by atoms with Gasteiger partial charge in [-0.1, -0.05) is 24.3 Å². The van der Waals surface area contributed by atoms with Gasteiger partial charge in [0, 0.05) is 41.9 Å². The van der Waals surface area contributed by atoms with E-state index in [4.69, 9.17) is 0 Å². The number of anilines is 3. The van der Waals surface area contributed by atoms with Crippen molar-refractivity contribution in [1.82, 2.24) is 0 Å². The zero-order valence-electron chi connectivity index (χ0n) is 16.6. The molecule has 162 valence electrons. The number of rotatable bonds is 3. The highest BCUT2D eigenvalue weighted by Crippen LogP contribution is 2.41. The molecule has 0 saturated heterocycles. The van der Waals surface area contributed by atoms with E-state index in [2.05, 4.69) is 10.6 Å². The first-order valence-electron chi connectivity index (χ1n) is 9.90.